The maximum Gasteiger partial charge on any atom is 0.283 e. The number of nitrogens with zero attached hydrogens (tertiary/aromatic N) is 4. The van der Waals surface area contributed by atoms with Gasteiger partial charge in [-0.1, -0.05) is 47.5 Å². The normalized spacial score (nSPS) is 18.4. The molecule has 2 aromatic rings. The fraction of sp³-hybridized carbons (Fsp3) is 0.269. The zero-order chi connectivity index (χ0) is 25.2. The van der Waals surface area contributed by atoms with E-state index in [9.17, 15) is 9.59 Å². The third kappa shape index (κ3) is 5.22. The van der Waals surface area contributed by atoms with Crippen molar-refractivity contribution in [3.05, 3.63) is 69.8 Å². The number of aryl methyl sites for hydroxylation is 1. The minimum atomic E-state index is -0.531. The Labute approximate surface area is 218 Å². The highest BCUT2D eigenvalue weighted by Gasteiger charge is 2.36. The van der Waals surface area contributed by atoms with Gasteiger partial charge in [0.2, 0.25) is 11.1 Å². The molecule has 184 valence electrons. The molecule has 0 radical (unpaired) electrons. The van der Waals surface area contributed by atoms with Crippen molar-refractivity contribution in [1.29, 1.82) is 5.41 Å². The van der Waals surface area contributed by atoms with Gasteiger partial charge in [-0.2, -0.15) is 15.1 Å². The zero-order valence-corrected chi connectivity index (χ0v) is 21.2. The molecular formula is C26H24ClN5O3S. The lowest BCUT2D eigenvalue weighted by atomic mass is 10.1. The molecule has 3 aliphatic heterocycles. The second-order valence-corrected chi connectivity index (χ2v) is 10.2. The van der Waals surface area contributed by atoms with E-state index in [1.165, 1.54) is 5.01 Å². The fourth-order valence-corrected chi connectivity index (χ4v) is 5.28. The Morgan fingerprint density at radius 1 is 1.22 bits per heavy atom. The second kappa shape index (κ2) is 10.3. The number of amidine groups is 2. The number of fused-ring (bicyclic) bond motifs is 1. The molecule has 0 bridgehead atoms. The summed E-state index contributed by atoms with van der Waals surface area (Å²) in [6.07, 6.45) is 3.73. The van der Waals surface area contributed by atoms with Gasteiger partial charge in [-0.15, -0.1) is 0 Å². The lowest BCUT2D eigenvalue weighted by Gasteiger charge is -2.20. The summed E-state index contributed by atoms with van der Waals surface area (Å²) >= 11 is 7.59. The van der Waals surface area contributed by atoms with Crippen molar-refractivity contribution in [3.63, 3.8) is 0 Å². The van der Waals surface area contributed by atoms with Gasteiger partial charge in [-0.25, -0.2) is 0 Å². The topological polar surface area (TPSA) is 98.4 Å². The number of carbonyl (C=O) groups is 2. The summed E-state index contributed by atoms with van der Waals surface area (Å²) in [6.45, 7) is 3.94. The van der Waals surface area contributed by atoms with Crippen LogP contribution in [0.5, 0.6) is 5.75 Å². The van der Waals surface area contributed by atoms with Crippen LogP contribution in [0.3, 0.4) is 0 Å². The number of halogens is 1. The number of ether oxygens (including phenoxy) is 1. The molecule has 10 heteroatoms. The van der Waals surface area contributed by atoms with Gasteiger partial charge in [0.1, 0.15) is 17.4 Å². The minimum absolute atomic E-state index is 0.00664. The zero-order valence-electron chi connectivity index (χ0n) is 19.7. The van der Waals surface area contributed by atoms with E-state index in [0.29, 0.717) is 33.2 Å². The largest absolute Gasteiger partial charge is 0.487 e. The first-order valence-corrected chi connectivity index (χ1v) is 12.8. The monoisotopic (exact) mass is 521 g/mol. The number of amides is 2. The first-order chi connectivity index (χ1) is 17.4. The number of nitrogens with one attached hydrogen (secondary N) is 1. The molecule has 1 fully saturated rings. The Bertz CT molecular complexity index is 1350. The maximum atomic E-state index is 12.7. The van der Waals surface area contributed by atoms with E-state index in [1.807, 2.05) is 30.0 Å². The highest BCUT2D eigenvalue weighted by Crippen LogP contribution is 2.31. The van der Waals surface area contributed by atoms with Crippen molar-refractivity contribution < 1.29 is 14.3 Å². The van der Waals surface area contributed by atoms with Crippen LogP contribution >= 0.6 is 23.4 Å². The molecule has 2 aromatic carbocycles. The van der Waals surface area contributed by atoms with Crippen molar-refractivity contribution in [2.45, 2.75) is 32.8 Å². The molecule has 8 nitrogen and oxygen atoms in total. The third-order valence-electron chi connectivity index (χ3n) is 6.00. The number of likely N-dealkylation sites (tertiary alicyclic amines) is 1. The number of carbonyl (C=O) groups excluding carboxylic acids is 2. The first kappa shape index (κ1) is 24.3. The van der Waals surface area contributed by atoms with Gasteiger partial charge in [-0.3, -0.25) is 15.0 Å². The Hall–Kier alpha value is -3.43. The van der Waals surface area contributed by atoms with E-state index in [-0.39, 0.29) is 23.7 Å². The molecule has 0 saturated carbocycles. The summed E-state index contributed by atoms with van der Waals surface area (Å²) in [7, 11) is 0. The quantitative estimate of drug-likeness (QED) is 0.547. The average molecular weight is 522 g/mol. The van der Waals surface area contributed by atoms with Gasteiger partial charge in [0.15, 0.2) is 5.84 Å². The molecule has 3 heterocycles. The van der Waals surface area contributed by atoms with Crippen LogP contribution in [0.2, 0.25) is 5.02 Å². The molecule has 0 spiro atoms. The first-order valence-electron chi connectivity index (χ1n) is 11.6. The molecule has 5 rings (SSSR count). The van der Waals surface area contributed by atoms with Crippen LogP contribution in [0, 0.1) is 12.3 Å². The average Bonchev–Trinajstić information content (AvgIpc) is 3.52. The predicted molar refractivity (Wildman–Crippen MR) is 142 cm³/mol. The molecule has 0 unspecified atom stereocenters. The maximum absolute atomic E-state index is 12.7. The number of hydrogen-bond acceptors (Lipinski definition) is 6. The van der Waals surface area contributed by atoms with Crippen LogP contribution in [-0.4, -0.2) is 50.9 Å². The SMILES string of the molecule is Cc1cccc(COc2ccc(C=C3C(=N)N4N=C(CC(=O)N5CCCC5)SC4=NC3=O)cc2Cl)c1. The Kier molecular flexibility index (Phi) is 6.93. The van der Waals surface area contributed by atoms with Crippen LogP contribution in [0.4, 0.5) is 0 Å². The number of benzene rings is 2. The molecule has 2 amide bonds. The van der Waals surface area contributed by atoms with Crippen molar-refractivity contribution >= 4 is 57.3 Å². The van der Waals surface area contributed by atoms with E-state index < -0.39 is 5.91 Å². The number of rotatable bonds is 6. The molecule has 1 saturated heterocycles. The summed E-state index contributed by atoms with van der Waals surface area (Å²) in [4.78, 5) is 31.1. The summed E-state index contributed by atoms with van der Waals surface area (Å²) in [5, 5.41) is 15.5. The third-order valence-corrected chi connectivity index (χ3v) is 7.21. The fourth-order valence-electron chi connectivity index (χ4n) is 4.16. The van der Waals surface area contributed by atoms with Gasteiger partial charge in [0, 0.05) is 13.1 Å². The predicted octanol–water partition coefficient (Wildman–Crippen LogP) is 4.86. The number of hydrazone groups is 1. The Morgan fingerprint density at radius 2 is 2.03 bits per heavy atom. The van der Waals surface area contributed by atoms with E-state index in [0.717, 1.165) is 48.8 Å². The molecule has 0 atom stereocenters. The summed E-state index contributed by atoms with van der Waals surface area (Å²) in [5.74, 6) is -0.0836. The van der Waals surface area contributed by atoms with Crippen molar-refractivity contribution in [1.82, 2.24) is 9.91 Å². The minimum Gasteiger partial charge on any atom is -0.487 e. The smallest absolute Gasteiger partial charge is 0.283 e. The van der Waals surface area contributed by atoms with Gasteiger partial charge in [-0.05, 0) is 60.9 Å². The van der Waals surface area contributed by atoms with Gasteiger partial charge in [0.05, 0.1) is 17.0 Å². The van der Waals surface area contributed by atoms with Crippen LogP contribution in [0.25, 0.3) is 6.08 Å². The number of aliphatic imine (C=N–C) groups is 1. The lowest BCUT2D eigenvalue weighted by Crippen LogP contribution is -2.35. The molecule has 0 aromatic heterocycles. The van der Waals surface area contributed by atoms with Crippen LogP contribution in [-0.2, 0) is 16.2 Å². The summed E-state index contributed by atoms with van der Waals surface area (Å²) < 4.78 is 5.86. The number of hydrogen-bond donors (Lipinski definition) is 1. The van der Waals surface area contributed by atoms with Gasteiger partial charge < -0.3 is 9.64 Å². The van der Waals surface area contributed by atoms with Crippen molar-refractivity contribution in [2.24, 2.45) is 10.1 Å². The second-order valence-electron chi connectivity index (χ2n) is 8.75. The van der Waals surface area contributed by atoms with Crippen LogP contribution < -0.4 is 4.74 Å². The van der Waals surface area contributed by atoms with Gasteiger partial charge >= 0.3 is 0 Å². The van der Waals surface area contributed by atoms with E-state index in [1.54, 1.807) is 24.3 Å². The van der Waals surface area contributed by atoms with Crippen LogP contribution in [0.1, 0.15) is 36.0 Å². The van der Waals surface area contributed by atoms with Crippen LogP contribution in [0.15, 0.2) is 58.1 Å². The Balaban J connectivity index is 1.29. The molecule has 36 heavy (non-hydrogen) atoms. The number of thioether (sulfide) groups is 1. The molecule has 0 aliphatic carbocycles. The van der Waals surface area contributed by atoms with E-state index >= 15 is 0 Å². The highest BCUT2D eigenvalue weighted by molar-refractivity contribution is 8.27. The highest BCUT2D eigenvalue weighted by atomic mass is 35.5. The lowest BCUT2D eigenvalue weighted by molar-refractivity contribution is -0.128. The summed E-state index contributed by atoms with van der Waals surface area (Å²) in [5.41, 5.74) is 2.92. The van der Waals surface area contributed by atoms with Crippen molar-refractivity contribution in [2.75, 3.05) is 13.1 Å². The van der Waals surface area contributed by atoms with E-state index in [2.05, 4.69) is 16.2 Å². The van der Waals surface area contributed by atoms with E-state index in [4.69, 9.17) is 21.7 Å². The summed E-state index contributed by atoms with van der Waals surface area (Å²) in [6, 6.07) is 13.2. The Morgan fingerprint density at radius 3 is 2.78 bits per heavy atom. The molecule has 1 N–H and O–H groups in total. The molecule has 3 aliphatic rings. The molecular weight excluding hydrogens is 498 g/mol. The standard InChI is InChI=1S/C26H24ClN5O3S/c1-16-5-4-6-18(11-16)15-35-21-8-7-17(13-20(21)27)12-19-24(28)32-26(29-25(19)34)36-22(30-32)14-23(33)31-9-2-3-10-31/h4-8,11-13,28H,2-3,9-10,14-15H2,1H3. The van der Waals surface area contributed by atoms with Crippen molar-refractivity contribution in [3.8, 4) is 5.75 Å². The van der Waals surface area contributed by atoms with Gasteiger partial charge in [0.25, 0.3) is 5.91 Å².